The highest BCUT2D eigenvalue weighted by molar-refractivity contribution is 6.22. The highest BCUT2D eigenvalue weighted by atomic mass is 16.2. The molecule has 0 saturated carbocycles. The van der Waals surface area contributed by atoms with Gasteiger partial charge in [0.15, 0.2) is 0 Å². The molecule has 1 aromatic carbocycles. The zero-order chi connectivity index (χ0) is 15.4. The van der Waals surface area contributed by atoms with Crippen molar-refractivity contribution in [1.29, 1.82) is 0 Å². The highest BCUT2D eigenvalue weighted by Crippen LogP contribution is 2.21. The van der Waals surface area contributed by atoms with Gasteiger partial charge in [0.05, 0.1) is 11.0 Å². The number of carbonyl (C=O) groups is 2. The maximum Gasteiger partial charge on any atom is 0.331 e. The van der Waals surface area contributed by atoms with Crippen molar-refractivity contribution in [2.75, 3.05) is 10.7 Å². The van der Waals surface area contributed by atoms with Gasteiger partial charge < -0.3 is 11.2 Å². The van der Waals surface area contributed by atoms with Crippen LogP contribution < -0.4 is 21.6 Å². The topological polar surface area (TPSA) is 110 Å². The number of rotatable bonds is 1. The maximum absolute atomic E-state index is 12.3. The number of hydrogen-bond acceptors (Lipinski definition) is 5. The number of aromatic nitrogens is 2. The summed E-state index contributed by atoms with van der Waals surface area (Å²) < 4.78 is 0.879. The van der Waals surface area contributed by atoms with Crippen LogP contribution in [0.15, 0.2) is 29.1 Å². The Balaban J connectivity index is 2.27. The number of imide groups is 1. The number of fused-ring (bicyclic) bond motifs is 1. The van der Waals surface area contributed by atoms with Crippen LogP contribution in [0.4, 0.5) is 10.6 Å². The van der Waals surface area contributed by atoms with Gasteiger partial charge in [-0.05, 0) is 26.0 Å². The molecule has 1 fully saturated rings. The summed E-state index contributed by atoms with van der Waals surface area (Å²) in [6, 6.07) is 6.02. The molecular weight excluding hydrogens is 274 g/mol. The van der Waals surface area contributed by atoms with Crippen molar-refractivity contribution < 1.29 is 9.59 Å². The molecule has 21 heavy (non-hydrogen) atoms. The molecule has 1 aliphatic rings. The zero-order valence-corrected chi connectivity index (χ0v) is 11.5. The molecule has 0 bridgehead atoms. The lowest BCUT2D eigenvalue weighted by Crippen LogP contribution is -2.42. The number of nitrogens with zero attached hydrogens (tertiary/aromatic N) is 3. The molecular formula is C13H13N5O3. The van der Waals surface area contributed by atoms with Crippen LogP contribution in [0.25, 0.3) is 11.0 Å². The van der Waals surface area contributed by atoms with E-state index in [1.54, 1.807) is 38.1 Å². The molecule has 3 rings (SSSR count). The number of para-hydroxylation sites is 2. The lowest BCUT2D eigenvalue weighted by molar-refractivity contribution is -0.121. The van der Waals surface area contributed by atoms with Crippen LogP contribution in [0, 0.1) is 0 Å². The smallest absolute Gasteiger partial charge is 0.331 e. The van der Waals surface area contributed by atoms with Gasteiger partial charge in [0.2, 0.25) is 5.82 Å². The lowest BCUT2D eigenvalue weighted by atomic mass is 10.1. The Morgan fingerprint density at radius 1 is 1.19 bits per heavy atom. The number of urea groups is 1. The maximum atomic E-state index is 12.3. The van der Waals surface area contributed by atoms with Crippen LogP contribution in [-0.2, 0) is 4.79 Å². The van der Waals surface area contributed by atoms with E-state index in [0.717, 1.165) is 9.58 Å². The summed E-state index contributed by atoms with van der Waals surface area (Å²) >= 11 is 0. The number of anilines is 1. The molecule has 8 heteroatoms. The quantitative estimate of drug-likeness (QED) is 0.564. The van der Waals surface area contributed by atoms with Crippen LogP contribution in [0.2, 0.25) is 0 Å². The van der Waals surface area contributed by atoms with E-state index in [4.69, 9.17) is 5.84 Å². The minimum Gasteiger partial charge on any atom is -0.336 e. The summed E-state index contributed by atoms with van der Waals surface area (Å²) in [6.07, 6.45) is 0. The van der Waals surface area contributed by atoms with Gasteiger partial charge in [-0.3, -0.25) is 9.59 Å². The fourth-order valence-corrected chi connectivity index (χ4v) is 2.23. The molecule has 108 valence electrons. The first-order valence-electron chi connectivity index (χ1n) is 6.26. The van der Waals surface area contributed by atoms with E-state index in [0.29, 0.717) is 11.0 Å². The number of nitrogens with one attached hydrogen (secondary N) is 1. The molecule has 1 aliphatic heterocycles. The van der Waals surface area contributed by atoms with E-state index in [1.807, 2.05) is 0 Å². The van der Waals surface area contributed by atoms with Crippen LogP contribution in [-0.4, -0.2) is 27.1 Å². The van der Waals surface area contributed by atoms with E-state index < -0.39 is 23.0 Å². The van der Waals surface area contributed by atoms with Crippen LogP contribution in [0.1, 0.15) is 13.8 Å². The molecule has 2 aromatic rings. The molecule has 8 nitrogen and oxygen atoms in total. The van der Waals surface area contributed by atoms with Crippen molar-refractivity contribution in [3.63, 3.8) is 0 Å². The molecule has 1 aromatic heterocycles. The Hall–Kier alpha value is -2.90. The monoisotopic (exact) mass is 287 g/mol. The van der Waals surface area contributed by atoms with Gasteiger partial charge in [-0.15, -0.1) is 0 Å². The molecule has 0 spiro atoms. The fourth-order valence-electron chi connectivity index (χ4n) is 2.23. The second-order valence-corrected chi connectivity index (χ2v) is 5.29. The van der Waals surface area contributed by atoms with Crippen molar-refractivity contribution in [3.05, 3.63) is 34.6 Å². The number of nitrogen functional groups attached to an aromatic ring is 1. The summed E-state index contributed by atoms with van der Waals surface area (Å²) in [6.45, 7) is 3.10. The third-order valence-electron chi connectivity index (χ3n) is 3.35. The molecule has 0 atom stereocenters. The number of benzene rings is 1. The molecule has 0 aliphatic carbocycles. The highest BCUT2D eigenvalue weighted by Gasteiger charge is 2.46. The first-order chi connectivity index (χ1) is 9.83. The summed E-state index contributed by atoms with van der Waals surface area (Å²) in [5.74, 6) is 4.89. The third-order valence-corrected chi connectivity index (χ3v) is 3.35. The average molecular weight is 287 g/mol. The predicted molar refractivity (Wildman–Crippen MR) is 76.3 cm³/mol. The Kier molecular flexibility index (Phi) is 2.52. The van der Waals surface area contributed by atoms with Crippen molar-refractivity contribution in [2.45, 2.75) is 19.4 Å². The van der Waals surface area contributed by atoms with E-state index in [1.165, 1.54) is 0 Å². The zero-order valence-electron chi connectivity index (χ0n) is 11.5. The van der Waals surface area contributed by atoms with Gasteiger partial charge in [0.1, 0.15) is 5.54 Å². The number of hydrogen-bond donors (Lipinski definition) is 2. The van der Waals surface area contributed by atoms with Gasteiger partial charge in [0, 0.05) is 0 Å². The van der Waals surface area contributed by atoms with Crippen LogP contribution >= 0.6 is 0 Å². The first-order valence-corrected chi connectivity index (χ1v) is 6.26. The summed E-state index contributed by atoms with van der Waals surface area (Å²) in [7, 11) is 0. The molecule has 3 N–H and O–H groups in total. The Bertz CT molecular complexity index is 839. The second-order valence-electron chi connectivity index (χ2n) is 5.29. The largest absolute Gasteiger partial charge is 0.336 e. The predicted octanol–water partition coefficient (Wildman–Crippen LogP) is -0.0549. The van der Waals surface area contributed by atoms with E-state index in [-0.39, 0.29) is 5.82 Å². The number of amides is 3. The normalized spacial score (nSPS) is 17.3. The van der Waals surface area contributed by atoms with Crippen molar-refractivity contribution in [1.82, 2.24) is 15.0 Å². The second kappa shape index (κ2) is 4.05. The number of carbonyl (C=O) groups excluding carboxylic acids is 2. The Morgan fingerprint density at radius 2 is 1.86 bits per heavy atom. The summed E-state index contributed by atoms with van der Waals surface area (Å²) in [5, 5.41) is 2.49. The van der Waals surface area contributed by atoms with Crippen molar-refractivity contribution in [3.8, 4) is 0 Å². The average Bonchev–Trinajstić information content (AvgIpc) is 2.63. The van der Waals surface area contributed by atoms with E-state index in [2.05, 4.69) is 10.3 Å². The molecule has 0 unspecified atom stereocenters. The molecule has 1 saturated heterocycles. The Morgan fingerprint density at radius 3 is 2.48 bits per heavy atom. The Labute approximate surface area is 119 Å². The van der Waals surface area contributed by atoms with E-state index >= 15 is 0 Å². The standard InChI is InChI=1S/C13H13N5O3/c1-13(2)11(20)17(12(21)16-13)9-10(19)18(14)8-6-4-3-5-7(8)15-9/h3-6H,14H2,1-2H3,(H,16,21). The van der Waals surface area contributed by atoms with Crippen molar-refractivity contribution in [2.24, 2.45) is 0 Å². The SMILES string of the molecule is CC1(C)NC(=O)N(c2nc3ccccc3n(N)c2=O)C1=O. The third kappa shape index (κ3) is 1.76. The van der Waals surface area contributed by atoms with E-state index in [9.17, 15) is 14.4 Å². The van der Waals surface area contributed by atoms with Crippen LogP contribution in [0.3, 0.4) is 0 Å². The van der Waals surface area contributed by atoms with Gasteiger partial charge >= 0.3 is 11.6 Å². The molecule has 2 heterocycles. The minimum absolute atomic E-state index is 0.302. The van der Waals surface area contributed by atoms with Gasteiger partial charge in [0.25, 0.3) is 5.91 Å². The number of nitrogens with two attached hydrogens (primary N) is 1. The van der Waals surface area contributed by atoms with Gasteiger partial charge in [-0.2, -0.15) is 0 Å². The minimum atomic E-state index is -1.09. The fraction of sp³-hybridized carbons (Fsp3) is 0.231. The van der Waals surface area contributed by atoms with Crippen molar-refractivity contribution >= 4 is 28.8 Å². The molecule has 0 radical (unpaired) electrons. The molecule has 3 amide bonds. The summed E-state index contributed by atoms with van der Waals surface area (Å²) in [5.41, 5.74) is -0.969. The van der Waals surface area contributed by atoms with Crippen LogP contribution in [0.5, 0.6) is 0 Å². The first kappa shape index (κ1) is 13.1. The van der Waals surface area contributed by atoms with Gasteiger partial charge in [-0.1, -0.05) is 12.1 Å². The van der Waals surface area contributed by atoms with Gasteiger partial charge in [-0.25, -0.2) is 19.4 Å². The summed E-state index contributed by atoms with van der Waals surface area (Å²) in [4.78, 5) is 41.3. The lowest BCUT2D eigenvalue weighted by Gasteiger charge is -2.15.